The molecule has 1 heterocycles. The zero-order chi connectivity index (χ0) is 8.69. The maximum atomic E-state index is 2.22. The third kappa shape index (κ3) is 7.17. The molecule has 1 nitrogen and oxygen atoms in total. The molecule has 0 saturated heterocycles. The molecule has 0 aliphatic heterocycles. The van der Waals surface area contributed by atoms with Crippen molar-refractivity contribution in [2.45, 2.75) is 27.2 Å². The zero-order valence-corrected chi connectivity index (χ0v) is 8.04. The highest BCUT2D eigenvalue weighted by Gasteiger charge is 1.80. The summed E-state index contributed by atoms with van der Waals surface area (Å²) >= 11 is 0. The summed E-state index contributed by atoms with van der Waals surface area (Å²) in [6.45, 7) is 6.64. The van der Waals surface area contributed by atoms with E-state index in [9.17, 15) is 0 Å². The van der Waals surface area contributed by atoms with Crippen LogP contribution in [0.4, 0.5) is 0 Å². The second-order valence-corrected chi connectivity index (χ2v) is 3.15. The van der Waals surface area contributed by atoms with Crippen LogP contribution in [0.2, 0.25) is 0 Å². The van der Waals surface area contributed by atoms with Gasteiger partial charge in [-0.3, -0.25) is 0 Å². The normalized spacial score (nSPS) is 9.18. The number of hydrogen-bond donors (Lipinski definition) is 0. The molecule has 0 aliphatic rings. The van der Waals surface area contributed by atoms with Gasteiger partial charge in [0.2, 0.25) is 0 Å². The number of aryl methyl sites for hydroxylation is 1. The standard InChI is InChI=1S/C5H7N.C5H12/c1-6-4-2-3-5-6;1-4-5(2)3/h2-5H,1H3;5H,4H2,1-3H3. The summed E-state index contributed by atoms with van der Waals surface area (Å²) in [6, 6.07) is 4.00. The summed E-state index contributed by atoms with van der Waals surface area (Å²) in [5.41, 5.74) is 0. The van der Waals surface area contributed by atoms with Crippen LogP contribution in [0.1, 0.15) is 27.2 Å². The van der Waals surface area contributed by atoms with Crippen molar-refractivity contribution < 1.29 is 0 Å². The minimum absolute atomic E-state index is 0.884. The minimum atomic E-state index is 0.884. The first kappa shape index (κ1) is 10.3. The number of nitrogens with zero attached hydrogens (tertiary/aromatic N) is 1. The fraction of sp³-hybridized carbons (Fsp3) is 0.600. The Morgan fingerprint density at radius 1 is 1.18 bits per heavy atom. The lowest BCUT2D eigenvalue weighted by atomic mass is 10.2. The highest BCUT2D eigenvalue weighted by atomic mass is 14.9. The quantitative estimate of drug-likeness (QED) is 0.584. The van der Waals surface area contributed by atoms with Gasteiger partial charge in [-0.2, -0.15) is 0 Å². The third-order valence-corrected chi connectivity index (χ3v) is 1.57. The largest absolute Gasteiger partial charge is 0.357 e. The van der Waals surface area contributed by atoms with E-state index in [0.29, 0.717) is 0 Å². The predicted molar refractivity (Wildman–Crippen MR) is 50.5 cm³/mol. The van der Waals surface area contributed by atoms with Crippen LogP contribution in [-0.4, -0.2) is 4.57 Å². The molecular weight excluding hydrogens is 134 g/mol. The second-order valence-electron chi connectivity index (χ2n) is 3.15. The number of rotatable bonds is 1. The average molecular weight is 153 g/mol. The molecule has 0 amide bonds. The maximum absolute atomic E-state index is 2.22. The third-order valence-electron chi connectivity index (χ3n) is 1.57. The Morgan fingerprint density at radius 2 is 1.55 bits per heavy atom. The maximum Gasteiger partial charge on any atom is 0.0106 e. The smallest absolute Gasteiger partial charge is 0.0106 e. The Balaban J connectivity index is 0.000000187. The van der Waals surface area contributed by atoms with Crippen molar-refractivity contribution in [1.29, 1.82) is 0 Å². The van der Waals surface area contributed by atoms with E-state index < -0.39 is 0 Å². The van der Waals surface area contributed by atoms with Gasteiger partial charge in [0, 0.05) is 19.4 Å². The molecule has 11 heavy (non-hydrogen) atoms. The van der Waals surface area contributed by atoms with E-state index in [4.69, 9.17) is 0 Å². The Labute approximate surface area is 70.0 Å². The van der Waals surface area contributed by atoms with Crippen LogP contribution in [-0.2, 0) is 7.05 Å². The second kappa shape index (κ2) is 6.02. The van der Waals surface area contributed by atoms with Gasteiger partial charge < -0.3 is 4.57 Å². The molecule has 0 saturated carbocycles. The van der Waals surface area contributed by atoms with Gasteiger partial charge in [-0.1, -0.05) is 27.2 Å². The lowest BCUT2D eigenvalue weighted by Gasteiger charge is -1.90. The summed E-state index contributed by atoms with van der Waals surface area (Å²) in [5, 5.41) is 0. The molecule has 0 aliphatic carbocycles. The van der Waals surface area contributed by atoms with Crippen LogP contribution in [0.5, 0.6) is 0 Å². The molecule has 0 unspecified atom stereocenters. The molecule has 0 radical (unpaired) electrons. The average Bonchev–Trinajstić information content (AvgIpc) is 2.41. The van der Waals surface area contributed by atoms with Crippen LogP contribution in [0.25, 0.3) is 0 Å². The predicted octanol–water partition coefficient (Wildman–Crippen LogP) is 3.08. The molecule has 0 spiro atoms. The summed E-state index contributed by atoms with van der Waals surface area (Å²) in [6.07, 6.45) is 5.31. The van der Waals surface area contributed by atoms with E-state index in [0.717, 1.165) is 5.92 Å². The van der Waals surface area contributed by atoms with Crippen LogP contribution in [0.15, 0.2) is 24.5 Å². The van der Waals surface area contributed by atoms with Crippen molar-refractivity contribution in [2.75, 3.05) is 0 Å². The Morgan fingerprint density at radius 3 is 1.64 bits per heavy atom. The van der Waals surface area contributed by atoms with E-state index >= 15 is 0 Å². The van der Waals surface area contributed by atoms with Crippen molar-refractivity contribution >= 4 is 0 Å². The molecule has 1 rings (SSSR count). The highest BCUT2D eigenvalue weighted by molar-refractivity contribution is 4.88. The molecule has 1 aromatic rings. The summed E-state index contributed by atoms with van der Waals surface area (Å²) < 4.78 is 2.00. The lowest BCUT2D eigenvalue weighted by molar-refractivity contribution is 0.626. The van der Waals surface area contributed by atoms with Gasteiger partial charge in [-0.15, -0.1) is 0 Å². The molecule has 0 aromatic carbocycles. The molecular formula is C10H19N. The molecule has 0 N–H and O–H groups in total. The van der Waals surface area contributed by atoms with Crippen molar-refractivity contribution in [3.63, 3.8) is 0 Å². The minimum Gasteiger partial charge on any atom is -0.357 e. The van der Waals surface area contributed by atoms with Gasteiger partial charge in [0.05, 0.1) is 0 Å². The number of hydrogen-bond acceptors (Lipinski definition) is 0. The van der Waals surface area contributed by atoms with Crippen LogP contribution < -0.4 is 0 Å². The van der Waals surface area contributed by atoms with Gasteiger partial charge in [-0.25, -0.2) is 0 Å². The molecule has 0 fully saturated rings. The van der Waals surface area contributed by atoms with E-state index in [1.54, 1.807) is 0 Å². The Kier molecular flexibility index (Phi) is 5.63. The molecule has 0 bridgehead atoms. The Hall–Kier alpha value is -0.720. The van der Waals surface area contributed by atoms with Gasteiger partial charge >= 0.3 is 0 Å². The molecule has 64 valence electrons. The SMILES string of the molecule is CCC(C)C.Cn1cccc1. The lowest BCUT2D eigenvalue weighted by Crippen LogP contribution is -1.77. The summed E-state index contributed by atoms with van der Waals surface area (Å²) in [5.74, 6) is 0.884. The van der Waals surface area contributed by atoms with E-state index in [2.05, 4.69) is 20.8 Å². The van der Waals surface area contributed by atoms with Crippen molar-refractivity contribution in [1.82, 2.24) is 4.57 Å². The highest BCUT2D eigenvalue weighted by Crippen LogP contribution is 1.93. The fourth-order valence-electron chi connectivity index (χ4n) is 0.421. The first-order valence-electron chi connectivity index (χ1n) is 4.23. The zero-order valence-electron chi connectivity index (χ0n) is 8.04. The summed E-state index contributed by atoms with van der Waals surface area (Å²) in [4.78, 5) is 0. The fourth-order valence-corrected chi connectivity index (χ4v) is 0.421. The first-order chi connectivity index (χ1) is 5.16. The van der Waals surface area contributed by atoms with Crippen LogP contribution in [0.3, 0.4) is 0 Å². The monoisotopic (exact) mass is 153 g/mol. The van der Waals surface area contributed by atoms with Crippen LogP contribution >= 0.6 is 0 Å². The van der Waals surface area contributed by atoms with E-state index in [1.807, 2.05) is 36.1 Å². The number of aromatic nitrogens is 1. The van der Waals surface area contributed by atoms with Gasteiger partial charge in [-0.05, 0) is 18.1 Å². The van der Waals surface area contributed by atoms with E-state index in [1.165, 1.54) is 6.42 Å². The van der Waals surface area contributed by atoms with Crippen molar-refractivity contribution in [3.8, 4) is 0 Å². The molecule has 1 heteroatoms. The van der Waals surface area contributed by atoms with Gasteiger partial charge in [0.15, 0.2) is 0 Å². The topological polar surface area (TPSA) is 4.93 Å². The first-order valence-corrected chi connectivity index (χ1v) is 4.23. The van der Waals surface area contributed by atoms with Crippen LogP contribution in [0, 0.1) is 5.92 Å². The molecule has 1 aromatic heterocycles. The van der Waals surface area contributed by atoms with Crippen molar-refractivity contribution in [2.24, 2.45) is 13.0 Å². The van der Waals surface area contributed by atoms with Gasteiger partial charge in [0.25, 0.3) is 0 Å². The van der Waals surface area contributed by atoms with Crippen molar-refractivity contribution in [3.05, 3.63) is 24.5 Å². The van der Waals surface area contributed by atoms with E-state index in [-0.39, 0.29) is 0 Å². The Bertz CT molecular complexity index is 151. The van der Waals surface area contributed by atoms with Gasteiger partial charge in [0.1, 0.15) is 0 Å². The molecule has 0 atom stereocenters. The summed E-state index contributed by atoms with van der Waals surface area (Å²) in [7, 11) is 2.00.